The Labute approximate surface area is 183 Å². The SMILES string of the molecule is CCN1C(=O)/C(=c2\sc(=CC3CCC(I)CC3)c(=O)n2CC(=O)O)SC1=S. The second kappa shape index (κ2) is 8.75. The van der Waals surface area contributed by atoms with Crippen molar-refractivity contribution in [1.82, 2.24) is 9.47 Å². The molecule has 2 fully saturated rings. The van der Waals surface area contributed by atoms with Gasteiger partial charge in [0.2, 0.25) is 0 Å². The van der Waals surface area contributed by atoms with E-state index < -0.39 is 12.5 Å². The van der Waals surface area contributed by atoms with Crippen LogP contribution in [0.4, 0.5) is 0 Å². The topological polar surface area (TPSA) is 79.6 Å². The highest BCUT2D eigenvalue weighted by molar-refractivity contribution is 14.1. The lowest BCUT2D eigenvalue weighted by molar-refractivity contribution is -0.137. The number of carboxylic acid groups (broad SMARTS) is 1. The third kappa shape index (κ3) is 4.48. The van der Waals surface area contributed by atoms with Gasteiger partial charge >= 0.3 is 5.97 Å². The predicted molar refractivity (Wildman–Crippen MR) is 121 cm³/mol. The highest BCUT2D eigenvalue weighted by atomic mass is 127. The molecule has 1 amide bonds. The number of amides is 1. The Hall–Kier alpha value is -0.720. The summed E-state index contributed by atoms with van der Waals surface area (Å²) in [6.45, 7) is 1.81. The smallest absolute Gasteiger partial charge is 0.323 e. The van der Waals surface area contributed by atoms with E-state index in [1.165, 1.54) is 20.8 Å². The Bertz CT molecular complexity index is 960. The van der Waals surface area contributed by atoms with Crippen molar-refractivity contribution in [2.75, 3.05) is 6.54 Å². The Morgan fingerprint density at radius 1 is 1.33 bits per heavy atom. The minimum atomic E-state index is -1.11. The molecular formula is C17H19IN2O4S3. The molecule has 3 rings (SSSR count). The first kappa shape index (κ1) is 21.0. The van der Waals surface area contributed by atoms with Crippen LogP contribution in [-0.4, -0.2) is 41.2 Å². The van der Waals surface area contributed by atoms with Gasteiger partial charge in [0.25, 0.3) is 11.5 Å². The number of hydrogen-bond donors (Lipinski definition) is 1. The summed E-state index contributed by atoms with van der Waals surface area (Å²) in [5, 5.41) is 9.23. The first-order valence-corrected chi connectivity index (χ1v) is 12.0. The average molecular weight is 538 g/mol. The fourth-order valence-corrected chi connectivity index (χ4v) is 6.67. The number of rotatable bonds is 4. The summed E-state index contributed by atoms with van der Waals surface area (Å²) in [5.74, 6) is -1.05. The van der Waals surface area contributed by atoms with Crippen molar-refractivity contribution < 1.29 is 14.7 Å². The van der Waals surface area contributed by atoms with E-state index in [4.69, 9.17) is 12.2 Å². The number of thiazole rings is 1. The zero-order valence-corrected chi connectivity index (χ0v) is 19.3. The average Bonchev–Trinajstić information content (AvgIpc) is 3.06. The van der Waals surface area contributed by atoms with E-state index in [1.807, 2.05) is 13.0 Å². The van der Waals surface area contributed by atoms with Gasteiger partial charge in [0.05, 0.1) is 4.53 Å². The molecule has 1 aliphatic heterocycles. The van der Waals surface area contributed by atoms with Crippen molar-refractivity contribution in [3.8, 4) is 0 Å². The van der Waals surface area contributed by atoms with Crippen molar-refractivity contribution in [2.45, 2.75) is 43.1 Å². The van der Waals surface area contributed by atoms with Gasteiger partial charge in [-0.1, -0.05) is 52.6 Å². The molecule has 2 aliphatic rings. The summed E-state index contributed by atoms with van der Waals surface area (Å²) in [6, 6.07) is 0. The maximum atomic E-state index is 12.9. The lowest BCUT2D eigenvalue weighted by atomic mass is 9.89. The van der Waals surface area contributed by atoms with Crippen molar-refractivity contribution >= 4 is 85.1 Å². The van der Waals surface area contributed by atoms with Gasteiger partial charge in [-0.2, -0.15) is 0 Å². The maximum Gasteiger partial charge on any atom is 0.323 e. The molecular weight excluding hydrogens is 519 g/mol. The van der Waals surface area contributed by atoms with Crippen LogP contribution in [0.1, 0.15) is 32.6 Å². The highest BCUT2D eigenvalue weighted by Crippen LogP contribution is 2.31. The molecule has 1 saturated carbocycles. The lowest BCUT2D eigenvalue weighted by Crippen LogP contribution is -2.36. The van der Waals surface area contributed by atoms with E-state index in [1.54, 1.807) is 0 Å². The number of halogens is 1. The highest BCUT2D eigenvalue weighted by Gasteiger charge is 2.33. The summed E-state index contributed by atoms with van der Waals surface area (Å²) < 4.78 is 3.23. The number of nitrogens with zero attached hydrogens (tertiary/aromatic N) is 2. The molecule has 1 aromatic rings. The summed E-state index contributed by atoms with van der Waals surface area (Å²) in [4.78, 5) is 38.6. The molecule has 1 aliphatic carbocycles. The fourth-order valence-electron chi connectivity index (χ4n) is 3.24. The summed E-state index contributed by atoms with van der Waals surface area (Å²) >= 11 is 10.0. The van der Waals surface area contributed by atoms with Crippen LogP contribution in [0.3, 0.4) is 0 Å². The fraction of sp³-hybridized carbons (Fsp3) is 0.529. The van der Waals surface area contributed by atoms with E-state index in [0.29, 0.717) is 34.8 Å². The standard InChI is InChI=1S/C17H19IN2O4S3/c1-2-19-15(24)13(27-17(19)25)16-20(8-12(21)22)14(23)11(26-16)7-9-3-5-10(18)6-4-9/h7,9-10H,2-6,8H2,1H3,(H,21,22)/b11-7?,16-13+. The van der Waals surface area contributed by atoms with Gasteiger partial charge in [0.1, 0.15) is 20.4 Å². The van der Waals surface area contributed by atoms with Crippen LogP contribution < -0.4 is 14.8 Å². The molecule has 2 heterocycles. The summed E-state index contributed by atoms with van der Waals surface area (Å²) in [5.41, 5.74) is -0.337. The van der Waals surface area contributed by atoms with Crippen molar-refractivity contribution in [2.24, 2.45) is 5.92 Å². The van der Waals surface area contributed by atoms with Crippen LogP contribution >= 0.6 is 57.9 Å². The second-order valence-corrected chi connectivity index (χ2v) is 10.9. The first-order chi connectivity index (χ1) is 12.8. The number of alkyl halides is 1. The number of thiocarbonyl (C=S) groups is 1. The summed E-state index contributed by atoms with van der Waals surface area (Å²) in [6.07, 6.45) is 6.26. The summed E-state index contributed by atoms with van der Waals surface area (Å²) in [7, 11) is 0. The zero-order chi connectivity index (χ0) is 19.7. The molecule has 0 radical (unpaired) electrons. The van der Waals surface area contributed by atoms with Gasteiger partial charge in [-0.3, -0.25) is 23.9 Å². The van der Waals surface area contributed by atoms with E-state index in [9.17, 15) is 19.5 Å². The zero-order valence-electron chi connectivity index (χ0n) is 14.6. The molecule has 0 spiro atoms. The number of aliphatic carboxylic acids is 1. The van der Waals surface area contributed by atoms with Crippen LogP contribution in [0.2, 0.25) is 0 Å². The van der Waals surface area contributed by atoms with Gasteiger partial charge in [-0.25, -0.2) is 0 Å². The monoisotopic (exact) mass is 538 g/mol. The van der Waals surface area contributed by atoms with Crippen molar-refractivity contribution in [3.63, 3.8) is 0 Å². The number of aromatic nitrogens is 1. The molecule has 0 atom stereocenters. The van der Waals surface area contributed by atoms with E-state index in [-0.39, 0.29) is 11.5 Å². The van der Waals surface area contributed by atoms with Gasteiger partial charge in [0.15, 0.2) is 0 Å². The molecule has 1 aromatic heterocycles. The number of carbonyl (C=O) groups excluding carboxylic acids is 1. The van der Waals surface area contributed by atoms with Crippen LogP contribution in [0.5, 0.6) is 0 Å². The molecule has 146 valence electrons. The second-order valence-electron chi connectivity index (χ2n) is 6.48. The number of carbonyl (C=O) groups is 2. The molecule has 0 bridgehead atoms. The van der Waals surface area contributed by atoms with Gasteiger partial charge < -0.3 is 5.11 Å². The minimum absolute atomic E-state index is 0.259. The van der Waals surface area contributed by atoms with E-state index in [0.717, 1.165) is 37.4 Å². The van der Waals surface area contributed by atoms with E-state index in [2.05, 4.69) is 22.6 Å². The lowest BCUT2D eigenvalue weighted by Gasteiger charge is -2.22. The van der Waals surface area contributed by atoms with Gasteiger partial charge in [-0.05, 0) is 38.5 Å². The Morgan fingerprint density at radius 3 is 2.56 bits per heavy atom. The Morgan fingerprint density at radius 2 is 2.00 bits per heavy atom. The van der Waals surface area contributed by atoms with E-state index >= 15 is 0 Å². The molecule has 0 unspecified atom stereocenters. The van der Waals surface area contributed by atoms with Crippen LogP contribution in [-0.2, 0) is 16.1 Å². The number of hydrogen-bond acceptors (Lipinski definition) is 6. The van der Waals surface area contributed by atoms with Crippen LogP contribution in [0.15, 0.2) is 4.79 Å². The molecule has 10 heteroatoms. The predicted octanol–water partition coefficient (Wildman–Crippen LogP) is 1.76. The van der Waals surface area contributed by atoms with Crippen LogP contribution in [0, 0.1) is 5.92 Å². The van der Waals surface area contributed by atoms with Crippen LogP contribution in [0.25, 0.3) is 11.0 Å². The first-order valence-electron chi connectivity index (χ1n) is 8.67. The third-order valence-electron chi connectivity index (χ3n) is 4.65. The maximum absolute atomic E-state index is 12.9. The normalized spacial score (nSPS) is 26.1. The Kier molecular flexibility index (Phi) is 6.80. The quantitative estimate of drug-likeness (QED) is 0.358. The van der Waals surface area contributed by atoms with Gasteiger partial charge in [-0.15, -0.1) is 11.3 Å². The largest absolute Gasteiger partial charge is 0.480 e. The Balaban J connectivity index is 2.13. The number of carboxylic acids is 1. The number of thioether (sulfide) groups is 1. The third-order valence-corrected chi connectivity index (χ3v) is 8.61. The minimum Gasteiger partial charge on any atom is -0.480 e. The molecule has 6 nitrogen and oxygen atoms in total. The molecule has 1 N–H and O–H groups in total. The molecule has 0 aromatic carbocycles. The molecule has 1 saturated heterocycles. The van der Waals surface area contributed by atoms with Gasteiger partial charge in [0, 0.05) is 10.5 Å². The van der Waals surface area contributed by atoms with Crippen molar-refractivity contribution in [1.29, 1.82) is 0 Å². The molecule has 27 heavy (non-hydrogen) atoms. The van der Waals surface area contributed by atoms with Crippen molar-refractivity contribution in [3.05, 3.63) is 19.5 Å².